The third kappa shape index (κ3) is 4.88. The second-order valence-electron chi connectivity index (χ2n) is 10.5. The molecule has 4 heterocycles. The monoisotopic (exact) mass is 520 g/mol. The van der Waals surface area contributed by atoms with E-state index in [1.807, 2.05) is 13.0 Å². The van der Waals surface area contributed by atoms with E-state index in [0.717, 1.165) is 56.9 Å². The SMILES string of the molecule is COc1cc2c(Oc3ccc4[nH]c(C)cc4c3F)ncnc2cc1OCCCCN1CCC2(CC1)COC2. The predicted octanol–water partition coefficient (Wildman–Crippen LogP) is 5.63. The Morgan fingerprint density at radius 2 is 1.87 bits per heavy atom. The molecule has 0 amide bonds. The summed E-state index contributed by atoms with van der Waals surface area (Å²) in [4.78, 5) is 14.3. The number of aromatic amines is 1. The van der Waals surface area contributed by atoms with Crippen molar-refractivity contribution in [3.05, 3.63) is 48.2 Å². The van der Waals surface area contributed by atoms with Crippen molar-refractivity contribution >= 4 is 21.8 Å². The molecule has 6 rings (SSSR count). The predicted molar refractivity (Wildman–Crippen MR) is 143 cm³/mol. The molecule has 38 heavy (non-hydrogen) atoms. The molecule has 200 valence electrons. The first-order chi connectivity index (χ1) is 18.5. The number of likely N-dealkylation sites (tertiary alicyclic amines) is 1. The molecule has 0 unspecified atom stereocenters. The van der Waals surface area contributed by atoms with E-state index in [1.165, 1.54) is 19.2 Å². The largest absolute Gasteiger partial charge is 0.493 e. The highest BCUT2D eigenvalue weighted by atomic mass is 19.1. The van der Waals surface area contributed by atoms with Gasteiger partial charge in [0.15, 0.2) is 23.1 Å². The van der Waals surface area contributed by atoms with Gasteiger partial charge in [-0.3, -0.25) is 0 Å². The van der Waals surface area contributed by atoms with E-state index in [4.69, 9.17) is 18.9 Å². The molecule has 8 nitrogen and oxygen atoms in total. The molecule has 2 fully saturated rings. The highest BCUT2D eigenvalue weighted by molar-refractivity contribution is 5.87. The lowest BCUT2D eigenvalue weighted by molar-refractivity contribution is -0.139. The molecular weight excluding hydrogens is 487 g/mol. The zero-order chi connectivity index (χ0) is 26.1. The minimum absolute atomic E-state index is 0.0979. The van der Waals surface area contributed by atoms with Crippen LogP contribution in [0.15, 0.2) is 36.7 Å². The summed E-state index contributed by atoms with van der Waals surface area (Å²) in [7, 11) is 1.59. The van der Waals surface area contributed by atoms with Gasteiger partial charge in [-0.25, -0.2) is 14.4 Å². The molecule has 0 radical (unpaired) electrons. The quantitative estimate of drug-likeness (QED) is 0.287. The van der Waals surface area contributed by atoms with Gasteiger partial charge in [-0.2, -0.15) is 0 Å². The number of H-pyrrole nitrogens is 1. The Kier molecular flexibility index (Phi) is 6.80. The number of nitrogens with zero attached hydrogens (tertiary/aromatic N) is 3. The number of hydrogen-bond donors (Lipinski definition) is 1. The van der Waals surface area contributed by atoms with Gasteiger partial charge in [0.2, 0.25) is 5.88 Å². The van der Waals surface area contributed by atoms with Gasteiger partial charge >= 0.3 is 0 Å². The van der Waals surface area contributed by atoms with Crippen molar-refractivity contribution in [1.29, 1.82) is 0 Å². The number of fused-ring (bicyclic) bond motifs is 2. The molecule has 9 heteroatoms. The number of unbranched alkanes of at least 4 members (excludes halogenated alkanes) is 1. The number of aryl methyl sites for hydroxylation is 1. The number of hydrogen-bond acceptors (Lipinski definition) is 7. The van der Waals surface area contributed by atoms with Gasteiger partial charge in [0, 0.05) is 28.1 Å². The summed E-state index contributed by atoms with van der Waals surface area (Å²) in [6.45, 7) is 7.78. The van der Waals surface area contributed by atoms with E-state index >= 15 is 4.39 Å². The Morgan fingerprint density at radius 3 is 2.63 bits per heavy atom. The highest BCUT2D eigenvalue weighted by Crippen LogP contribution is 2.39. The first-order valence-corrected chi connectivity index (χ1v) is 13.2. The standard InChI is InChI=1S/C29H33FN4O4/c1-19-13-20-22(33-19)5-6-24(27(20)30)38-28-21-14-25(35-2)26(15-23(21)31-18-32-28)37-12-4-3-9-34-10-7-29(8-11-34)16-36-17-29/h5-6,13-15,18,33H,3-4,7-12,16-17H2,1-2H3. The molecular formula is C29H33FN4O4. The van der Waals surface area contributed by atoms with Crippen molar-refractivity contribution in [1.82, 2.24) is 19.9 Å². The van der Waals surface area contributed by atoms with E-state index < -0.39 is 5.82 Å². The molecule has 2 aliphatic heterocycles. The summed E-state index contributed by atoms with van der Waals surface area (Å²) >= 11 is 0. The Morgan fingerprint density at radius 1 is 1.03 bits per heavy atom. The van der Waals surface area contributed by atoms with Gasteiger partial charge in [0.05, 0.1) is 37.8 Å². The van der Waals surface area contributed by atoms with Crippen molar-refractivity contribution in [3.8, 4) is 23.1 Å². The molecule has 0 bridgehead atoms. The van der Waals surface area contributed by atoms with Gasteiger partial charge in [-0.05, 0) is 76.5 Å². The average Bonchev–Trinajstić information content (AvgIpc) is 3.30. The van der Waals surface area contributed by atoms with Crippen molar-refractivity contribution in [3.63, 3.8) is 0 Å². The van der Waals surface area contributed by atoms with Crippen LogP contribution in [0.3, 0.4) is 0 Å². The zero-order valence-electron chi connectivity index (χ0n) is 21.9. The molecule has 2 aliphatic rings. The summed E-state index contributed by atoms with van der Waals surface area (Å²) in [5.41, 5.74) is 2.71. The van der Waals surface area contributed by atoms with Crippen molar-refractivity contribution < 1.29 is 23.3 Å². The van der Waals surface area contributed by atoms with Crippen LogP contribution in [0.2, 0.25) is 0 Å². The van der Waals surface area contributed by atoms with Crippen molar-refractivity contribution in [2.75, 3.05) is 46.6 Å². The number of piperidine rings is 1. The number of methoxy groups -OCH3 is 1. The van der Waals surface area contributed by atoms with E-state index in [9.17, 15) is 0 Å². The molecule has 1 spiro atoms. The van der Waals surface area contributed by atoms with Crippen LogP contribution in [0.5, 0.6) is 23.1 Å². The lowest BCUT2D eigenvalue weighted by atomic mass is 9.77. The summed E-state index contributed by atoms with van der Waals surface area (Å²) < 4.78 is 38.2. The fourth-order valence-corrected chi connectivity index (χ4v) is 5.42. The Labute approximate surface area is 221 Å². The maximum atomic E-state index is 15.1. The number of aromatic nitrogens is 3. The second kappa shape index (κ2) is 10.4. The van der Waals surface area contributed by atoms with Crippen LogP contribution >= 0.6 is 0 Å². The average molecular weight is 521 g/mol. The first kappa shape index (κ1) is 24.9. The van der Waals surface area contributed by atoms with Crippen molar-refractivity contribution in [2.45, 2.75) is 32.6 Å². The van der Waals surface area contributed by atoms with Gasteiger partial charge < -0.3 is 28.8 Å². The lowest BCUT2D eigenvalue weighted by Gasteiger charge is -2.47. The van der Waals surface area contributed by atoms with Crippen LogP contribution < -0.4 is 14.2 Å². The van der Waals surface area contributed by atoms with Crippen LogP contribution in [0, 0.1) is 18.2 Å². The third-order valence-corrected chi connectivity index (χ3v) is 7.79. The van der Waals surface area contributed by atoms with Gasteiger partial charge in [-0.15, -0.1) is 0 Å². The number of halogens is 1. The summed E-state index contributed by atoms with van der Waals surface area (Å²) in [5, 5.41) is 1.09. The van der Waals surface area contributed by atoms with E-state index in [-0.39, 0.29) is 11.6 Å². The number of benzene rings is 2. The van der Waals surface area contributed by atoms with E-state index in [1.54, 1.807) is 31.4 Å². The maximum Gasteiger partial charge on any atom is 0.230 e. The van der Waals surface area contributed by atoms with Crippen LogP contribution in [0.4, 0.5) is 4.39 Å². The van der Waals surface area contributed by atoms with Gasteiger partial charge in [0.25, 0.3) is 0 Å². The molecule has 0 aliphatic carbocycles. The summed E-state index contributed by atoms with van der Waals surface area (Å²) in [6, 6.07) is 8.75. The normalized spacial score (nSPS) is 17.1. The van der Waals surface area contributed by atoms with Crippen LogP contribution in [-0.4, -0.2) is 66.4 Å². The number of rotatable bonds is 9. The Balaban J connectivity index is 1.10. The van der Waals surface area contributed by atoms with E-state index in [0.29, 0.717) is 39.8 Å². The topological polar surface area (TPSA) is 81.7 Å². The second-order valence-corrected chi connectivity index (χ2v) is 10.5. The minimum Gasteiger partial charge on any atom is -0.493 e. The lowest BCUT2D eigenvalue weighted by Crippen LogP contribution is -2.50. The Bertz CT molecular complexity index is 1440. The molecule has 0 saturated carbocycles. The fraction of sp³-hybridized carbons (Fsp3) is 0.448. The summed E-state index contributed by atoms with van der Waals surface area (Å²) in [6.07, 6.45) is 5.93. The van der Waals surface area contributed by atoms with Gasteiger partial charge in [-0.1, -0.05) is 0 Å². The molecule has 2 aromatic carbocycles. The smallest absolute Gasteiger partial charge is 0.230 e. The Hall–Kier alpha value is -3.43. The molecule has 2 aromatic heterocycles. The number of ether oxygens (including phenoxy) is 4. The first-order valence-electron chi connectivity index (χ1n) is 13.2. The van der Waals surface area contributed by atoms with Crippen molar-refractivity contribution in [2.24, 2.45) is 5.41 Å². The highest BCUT2D eigenvalue weighted by Gasteiger charge is 2.40. The molecule has 0 atom stereocenters. The number of nitrogens with one attached hydrogen (secondary N) is 1. The van der Waals surface area contributed by atoms with Gasteiger partial charge in [0.1, 0.15) is 6.33 Å². The maximum absolute atomic E-state index is 15.1. The van der Waals surface area contributed by atoms with Crippen LogP contribution in [-0.2, 0) is 4.74 Å². The zero-order valence-corrected chi connectivity index (χ0v) is 21.9. The molecule has 2 saturated heterocycles. The molecule has 4 aromatic rings. The fourth-order valence-electron chi connectivity index (χ4n) is 5.42. The third-order valence-electron chi connectivity index (χ3n) is 7.79. The summed E-state index contributed by atoms with van der Waals surface area (Å²) in [5.74, 6) is 1.08. The van der Waals surface area contributed by atoms with E-state index in [2.05, 4.69) is 19.9 Å². The molecule has 1 N–H and O–H groups in total. The van der Waals surface area contributed by atoms with Crippen LogP contribution in [0.1, 0.15) is 31.4 Å². The van der Waals surface area contributed by atoms with Crippen LogP contribution in [0.25, 0.3) is 21.8 Å². The minimum atomic E-state index is -0.438.